The van der Waals surface area contributed by atoms with Crippen molar-refractivity contribution >= 4 is 0 Å². The summed E-state index contributed by atoms with van der Waals surface area (Å²) < 4.78 is 0. The van der Waals surface area contributed by atoms with Crippen molar-refractivity contribution in [2.24, 2.45) is 17.8 Å². The third kappa shape index (κ3) is 4.15. The molecule has 0 bridgehead atoms. The molecule has 0 saturated heterocycles. The van der Waals surface area contributed by atoms with Gasteiger partial charge in [-0.15, -0.1) is 0 Å². The van der Waals surface area contributed by atoms with Gasteiger partial charge in [-0.1, -0.05) is 59.3 Å². The van der Waals surface area contributed by atoms with Crippen molar-refractivity contribution in [3.8, 4) is 0 Å². The topological polar surface area (TPSA) is 0 Å². The molecule has 0 heterocycles. The molecule has 1 aliphatic carbocycles. The van der Waals surface area contributed by atoms with Crippen LogP contribution in [0.15, 0.2) is 0 Å². The van der Waals surface area contributed by atoms with Crippen molar-refractivity contribution in [1.29, 1.82) is 0 Å². The summed E-state index contributed by atoms with van der Waals surface area (Å²) in [7, 11) is 0. The summed E-state index contributed by atoms with van der Waals surface area (Å²) in [4.78, 5) is 0. The Labute approximate surface area is 84.1 Å². The molecule has 0 nitrogen and oxygen atoms in total. The highest BCUT2D eigenvalue weighted by Crippen LogP contribution is 2.32. The number of rotatable bonds is 3. The highest BCUT2D eigenvalue weighted by atomic mass is 14.2. The quantitative estimate of drug-likeness (QED) is 0.558. The van der Waals surface area contributed by atoms with Gasteiger partial charge >= 0.3 is 0 Å². The van der Waals surface area contributed by atoms with Gasteiger partial charge in [0, 0.05) is 0 Å². The standard InChI is InChI=1S/C13H26/c1-4-12-6-5-7-13(9-8-12)10-11(2)3/h11-13H,4-10H2,1-3H3. The molecule has 0 aromatic carbocycles. The van der Waals surface area contributed by atoms with Gasteiger partial charge in [0.15, 0.2) is 0 Å². The van der Waals surface area contributed by atoms with E-state index < -0.39 is 0 Å². The summed E-state index contributed by atoms with van der Waals surface area (Å²) in [5.41, 5.74) is 0. The van der Waals surface area contributed by atoms with Crippen LogP contribution < -0.4 is 0 Å². The lowest BCUT2D eigenvalue weighted by Crippen LogP contribution is -2.03. The normalized spacial score (nSPS) is 30.5. The van der Waals surface area contributed by atoms with Gasteiger partial charge in [0.1, 0.15) is 0 Å². The van der Waals surface area contributed by atoms with E-state index in [1.54, 1.807) is 0 Å². The van der Waals surface area contributed by atoms with Crippen molar-refractivity contribution < 1.29 is 0 Å². The second kappa shape index (κ2) is 5.67. The third-order valence-electron chi connectivity index (χ3n) is 3.59. The first kappa shape index (κ1) is 11.1. The maximum Gasteiger partial charge on any atom is -0.0412 e. The smallest absolute Gasteiger partial charge is 0.0412 e. The van der Waals surface area contributed by atoms with E-state index in [2.05, 4.69) is 20.8 Å². The molecule has 13 heavy (non-hydrogen) atoms. The van der Waals surface area contributed by atoms with Gasteiger partial charge < -0.3 is 0 Å². The van der Waals surface area contributed by atoms with Gasteiger partial charge in [-0.2, -0.15) is 0 Å². The van der Waals surface area contributed by atoms with E-state index in [1.807, 2.05) is 0 Å². The summed E-state index contributed by atoms with van der Waals surface area (Å²) in [5, 5.41) is 0. The lowest BCUT2D eigenvalue weighted by molar-refractivity contribution is 0.361. The van der Waals surface area contributed by atoms with Crippen LogP contribution in [-0.2, 0) is 0 Å². The molecular weight excluding hydrogens is 156 g/mol. The number of hydrogen-bond donors (Lipinski definition) is 0. The summed E-state index contributed by atoms with van der Waals surface area (Å²) in [6.45, 7) is 7.08. The fourth-order valence-corrected chi connectivity index (χ4v) is 2.77. The molecule has 0 aliphatic heterocycles. The van der Waals surface area contributed by atoms with Crippen LogP contribution >= 0.6 is 0 Å². The molecule has 0 spiro atoms. The van der Waals surface area contributed by atoms with Crippen molar-refractivity contribution in [3.05, 3.63) is 0 Å². The molecule has 1 fully saturated rings. The Bertz CT molecular complexity index is 126. The minimum absolute atomic E-state index is 0.906. The molecule has 0 aromatic heterocycles. The molecular formula is C13H26. The average Bonchev–Trinajstić information content (AvgIpc) is 2.29. The first-order valence-corrected chi connectivity index (χ1v) is 6.22. The van der Waals surface area contributed by atoms with Gasteiger partial charge in [-0.3, -0.25) is 0 Å². The molecule has 0 heteroatoms. The Kier molecular flexibility index (Phi) is 4.83. The summed E-state index contributed by atoms with van der Waals surface area (Å²) in [5.74, 6) is 3.01. The maximum atomic E-state index is 2.36. The van der Waals surface area contributed by atoms with E-state index in [-0.39, 0.29) is 0 Å². The lowest BCUT2D eigenvalue weighted by Gasteiger charge is -2.16. The molecule has 0 radical (unpaired) electrons. The van der Waals surface area contributed by atoms with Crippen molar-refractivity contribution in [2.45, 2.75) is 65.7 Å². The van der Waals surface area contributed by atoms with Gasteiger partial charge in [0.2, 0.25) is 0 Å². The second-order valence-electron chi connectivity index (χ2n) is 5.28. The zero-order valence-electron chi connectivity index (χ0n) is 9.68. The second-order valence-corrected chi connectivity index (χ2v) is 5.28. The summed E-state index contributed by atoms with van der Waals surface area (Å²) in [6.07, 6.45) is 10.4. The Morgan fingerprint density at radius 2 is 1.62 bits per heavy atom. The van der Waals surface area contributed by atoms with Crippen LogP contribution in [0.2, 0.25) is 0 Å². The lowest BCUT2D eigenvalue weighted by atomic mass is 9.90. The molecule has 78 valence electrons. The maximum absolute atomic E-state index is 2.36. The molecule has 0 amide bonds. The fourth-order valence-electron chi connectivity index (χ4n) is 2.77. The molecule has 2 unspecified atom stereocenters. The van der Waals surface area contributed by atoms with E-state index in [4.69, 9.17) is 0 Å². The van der Waals surface area contributed by atoms with Crippen LogP contribution in [0.25, 0.3) is 0 Å². The monoisotopic (exact) mass is 182 g/mol. The van der Waals surface area contributed by atoms with E-state index in [1.165, 1.54) is 44.9 Å². The molecule has 1 rings (SSSR count). The van der Waals surface area contributed by atoms with Crippen LogP contribution in [0.3, 0.4) is 0 Å². The third-order valence-corrected chi connectivity index (χ3v) is 3.59. The van der Waals surface area contributed by atoms with E-state index in [0.29, 0.717) is 0 Å². The largest absolute Gasteiger partial charge is 0.0651 e. The first-order chi connectivity index (χ1) is 6.22. The van der Waals surface area contributed by atoms with Crippen LogP contribution in [0.1, 0.15) is 65.7 Å². The van der Waals surface area contributed by atoms with E-state index in [0.717, 1.165) is 17.8 Å². The van der Waals surface area contributed by atoms with Crippen LogP contribution in [0, 0.1) is 17.8 Å². The Morgan fingerprint density at radius 3 is 2.23 bits per heavy atom. The zero-order valence-corrected chi connectivity index (χ0v) is 9.68. The highest BCUT2D eigenvalue weighted by Gasteiger charge is 2.18. The highest BCUT2D eigenvalue weighted by molar-refractivity contribution is 4.70. The van der Waals surface area contributed by atoms with Crippen LogP contribution in [0.4, 0.5) is 0 Å². The minimum atomic E-state index is 0.906. The van der Waals surface area contributed by atoms with Crippen LogP contribution in [0.5, 0.6) is 0 Å². The summed E-state index contributed by atoms with van der Waals surface area (Å²) in [6, 6.07) is 0. The van der Waals surface area contributed by atoms with E-state index >= 15 is 0 Å². The first-order valence-electron chi connectivity index (χ1n) is 6.22. The van der Waals surface area contributed by atoms with Gasteiger partial charge in [0.25, 0.3) is 0 Å². The molecule has 2 atom stereocenters. The van der Waals surface area contributed by atoms with Gasteiger partial charge in [0.05, 0.1) is 0 Å². The van der Waals surface area contributed by atoms with Crippen molar-refractivity contribution in [3.63, 3.8) is 0 Å². The predicted molar refractivity (Wildman–Crippen MR) is 59.8 cm³/mol. The average molecular weight is 182 g/mol. The minimum Gasteiger partial charge on any atom is -0.0651 e. The Morgan fingerprint density at radius 1 is 1.00 bits per heavy atom. The molecule has 0 N–H and O–H groups in total. The Hall–Kier alpha value is 0. The Balaban J connectivity index is 2.27. The van der Waals surface area contributed by atoms with Gasteiger partial charge in [-0.25, -0.2) is 0 Å². The van der Waals surface area contributed by atoms with E-state index in [9.17, 15) is 0 Å². The molecule has 1 saturated carbocycles. The molecule has 0 aromatic rings. The van der Waals surface area contributed by atoms with Crippen molar-refractivity contribution in [2.75, 3.05) is 0 Å². The SMILES string of the molecule is CCC1CCCC(CC(C)C)CC1. The van der Waals surface area contributed by atoms with Gasteiger partial charge in [-0.05, 0) is 24.2 Å². The van der Waals surface area contributed by atoms with Crippen molar-refractivity contribution in [1.82, 2.24) is 0 Å². The zero-order chi connectivity index (χ0) is 9.68. The summed E-state index contributed by atoms with van der Waals surface area (Å²) >= 11 is 0. The van der Waals surface area contributed by atoms with Crippen LogP contribution in [-0.4, -0.2) is 0 Å². The fraction of sp³-hybridized carbons (Fsp3) is 1.00. The molecule has 1 aliphatic rings. The predicted octanol–water partition coefficient (Wildman–Crippen LogP) is 4.64. The number of hydrogen-bond acceptors (Lipinski definition) is 0.